The lowest BCUT2D eigenvalue weighted by atomic mass is 10.1. The van der Waals surface area contributed by atoms with Gasteiger partial charge < -0.3 is 9.72 Å². The van der Waals surface area contributed by atoms with Crippen LogP contribution in [-0.4, -0.2) is 40.7 Å². The van der Waals surface area contributed by atoms with Crippen molar-refractivity contribution in [3.05, 3.63) is 42.4 Å². The molecule has 106 valence electrons. The molecule has 1 saturated heterocycles. The van der Waals surface area contributed by atoms with Crippen molar-refractivity contribution < 1.29 is 4.74 Å². The zero-order valence-corrected chi connectivity index (χ0v) is 12.0. The lowest BCUT2D eigenvalue weighted by molar-refractivity contribution is -0.0262. The van der Waals surface area contributed by atoms with Crippen LogP contribution in [-0.2, 0) is 4.74 Å². The third kappa shape index (κ3) is 2.62. The fraction of sp³-hybridized carbons (Fsp3) is 0.438. The highest BCUT2D eigenvalue weighted by molar-refractivity contribution is 5.58. The summed E-state index contributed by atoms with van der Waals surface area (Å²) in [6.07, 6.45) is 1.91. The predicted octanol–water partition coefficient (Wildman–Crippen LogP) is 2.86. The summed E-state index contributed by atoms with van der Waals surface area (Å²) < 4.78 is 5.63. The average molecular weight is 271 g/mol. The number of morpholine rings is 1. The normalized spacial score (nSPS) is 20.4. The number of H-pyrrole nitrogens is 1. The minimum atomic E-state index is 0.223. The molecule has 3 rings (SSSR count). The van der Waals surface area contributed by atoms with E-state index in [0.717, 1.165) is 24.7 Å². The van der Waals surface area contributed by atoms with Gasteiger partial charge in [-0.15, -0.1) is 0 Å². The van der Waals surface area contributed by atoms with Crippen molar-refractivity contribution in [3.63, 3.8) is 0 Å². The van der Waals surface area contributed by atoms with Crippen LogP contribution in [0, 0.1) is 0 Å². The molecule has 0 saturated carbocycles. The van der Waals surface area contributed by atoms with Gasteiger partial charge in [-0.25, -0.2) is 4.98 Å². The molecule has 1 aromatic carbocycles. The number of hydrogen-bond donors (Lipinski definition) is 1. The first-order valence-electron chi connectivity index (χ1n) is 7.19. The van der Waals surface area contributed by atoms with E-state index >= 15 is 0 Å². The summed E-state index contributed by atoms with van der Waals surface area (Å²) in [5.41, 5.74) is 2.23. The highest BCUT2D eigenvalue weighted by atomic mass is 16.5. The molecule has 1 aliphatic rings. The van der Waals surface area contributed by atoms with Crippen molar-refractivity contribution in [1.82, 2.24) is 14.9 Å². The number of imidazole rings is 1. The summed E-state index contributed by atoms with van der Waals surface area (Å²) in [6, 6.07) is 11.0. The lowest BCUT2D eigenvalue weighted by Gasteiger charge is -2.37. The topological polar surface area (TPSA) is 41.1 Å². The van der Waals surface area contributed by atoms with E-state index in [1.165, 1.54) is 5.56 Å². The molecule has 4 nitrogen and oxygen atoms in total. The molecule has 1 aromatic heterocycles. The maximum atomic E-state index is 5.63. The highest BCUT2D eigenvalue weighted by Crippen LogP contribution is 2.26. The summed E-state index contributed by atoms with van der Waals surface area (Å²) in [4.78, 5) is 10.5. The summed E-state index contributed by atoms with van der Waals surface area (Å²) in [6.45, 7) is 6.92. The molecule has 2 aromatic rings. The van der Waals surface area contributed by atoms with Crippen molar-refractivity contribution in [3.8, 4) is 11.3 Å². The second-order valence-corrected chi connectivity index (χ2v) is 5.47. The zero-order valence-electron chi connectivity index (χ0n) is 12.0. The summed E-state index contributed by atoms with van der Waals surface area (Å²) in [5.74, 6) is 0.997. The van der Waals surface area contributed by atoms with Gasteiger partial charge in [-0.2, -0.15) is 0 Å². The monoisotopic (exact) mass is 271 g/mol. The Morgan fingerprint density at radius 3 is 2.85 bits per heavy atom. The van der Waals surface area contributed by atoms with E-state index in [1.807, 2.05) is 24.4 Å². The van der Waals surface area contributed by atoms with Gasteiger partial charge >= 0.3 is 0 Å². The number of aromatic amines is 1. The number of nitrogens with zero attached hydrogens (tertiary/aromatic N) is 2. The third-order valence-corrected chi connectivity index (χ3v) is 3.83. The number of nitrogens with one attached hydrogen (secondary N) is 1. The van der Waals surface area contributed by atoms with Crippen molar-refractivity contribution in [2.45, 2.75) is 25.9 Å². The quantitative estimate of drug-likeness (QED) is 0.933. The van der Waals surface area contributed by atoms with Gasteiger partial charge in [-0.1, -0.05) is 30.3 Å². The smallest absolute Gasteiger partial charge is 0.126 e. The Labute approximate surface area is 119 Å². The molecule has 0 unspecified atom stereocenters. The molecule has 0 aliphatic carbocycles. The van der Waals surface area contributed by atoms with Crippen LogP contribution in [0.3, 0.4) is 0 Å². The third-order valence-electron chi connectivity index (χ3n) is 3.83. The van der Waals surface area contributed by atoms with Crippen LogP contribution in [0.1, 0.15) is 25.7 Å². The SMILES string of the molecule is CC(C)N1CCOC[C@H]1c1ncc(-c2ccccc2)[nH]1. The Bertz CT molecular complexity index is 550. The summed E-state index contributed by atoms with van der Waals surface area (Å²) in [7, 11) is 0. The zero-order chi connectivity index (χ0) is 13.9. The first-order chi connectivity index (χ1) is 9.75. The molecule has 1 aliphatic heterocycles. The van der Waals surface area contributed by atoms with E-state index in [0.29, 0.717) is 12.6 Å². The van der Waals surface area contributed by atoms with E-state index in [4.69, 9.17) is 4.74 Å². The van der Waals surface area contributed by atoms with Crippen molar-refractivity contribution >= 4 is 0 Å². The molecule has 0 radical (unpaired) electrons. The Kier molecular flexibility index (Phi) is 3.85. The molecular formula is C16H21N3O. The Balaban J connectivity index is 1.85. The molecule has 4 heteroatoms. The minimum absolute atomic E-state index is 0.223. The Morgan fingerprint density at radius 1 is 1.30 bits per heavy atom. The van der Waals surface area contributed by atoms with Crippen LogP contribution >= 0.6 is 0 Å². The van der Waals surface area contributed by atoms with Crippen molar-refractivity contribution in [2.24, 2.45) is 0 Å². The van der Waals surface area contributed by atoms with Gasteiger partial charge in [-0.3, -0.25) is 4.90 Å². The molecule has 1 fully saturated rings. The van der Waals surface area contributed by atoms with Gasteiger partial charge in [0.05, 0.1) is 31.1 Å². The average Bonchev–Trinajstić information content (AvgIpc) is 2.98. The molecule has 20 heavy (non-hydrogen) atoms. The highest BCUT2D eigenvalue weighted by Gasteiger charge is 2.28. The minimum Gasteiger partial charge on any atom is -0.378 e. The fourth-order valence-corrected chi connectivity index (χ4v) is 2.74. The fourth-order valence-electron chi connectivity index (χ4n) is 2.74. The van der Waals surface area contributed by atoms with Gasteiger partial charge in [0, 0.05) is 12.6 Å². The maximum absolute atomic E-state index is 5.63. The van der Waals surface area contributed by atoms with Gasteiger partial charge in [0.15, 0.2) is 0 Å². The molecule has 0 bridgehead atoms. The van der Waals surface area contributed by atoms with E-state index in [1.54, 1.807) is 0 Å². The standard InChI is InChI=1S/C16H21N3O/c1-12(2)19-8-9-20-11-15(19)16-17-10-14(18-16)13-6-4-3-5-7-13/h3-7,10,12,15H,8-9,11H2,1-2H3,(H,17,18)/t15-/m0/s1. The van der Waals surface area contributed by atoms with E-state index < -0.39 is 0 Å². The van der Waals surface area contributed by atoms with Crippen LogP contribution in [0.2, 0.25) is 0 Å². The predicted molar refractivity (Wildman–Crippen MR) is 79.4 cm³/mol. The number of aromatic nitrogens is 2. The van der Waals surface area contributed by atoms with Gasteiger partial charge in [0.25, 0.3) is 0 Å². The molecule has 0 amide bonds. The van der Waals surface area contributed by atoms with Crippen LogP contribution in [0.15, 0.2) is 36.5 Å². The summed E-state index contributed by atoms with van der Waals surface area (Å²) >= 11 is 0. The second kappa shape index (κ2) is 5.77. The Hall–Kier alpha value is -1.65. The number of hydrogen-bond acceptors (Lipinski definition) is 3. The van der Waals surface area contributed by atoms with Crippen LogP contribution in [0.25, 0.3) is 11.3 Å². The second-order valence-electron chi connectivity index (χ2n) is 5.47. The molecule has 1 N–H and O–H groups in total. The number of ether oxygens (including phenoxy) is 1. The van der Waals surface area contributed by atoms with Gasteiger partial charge in [0.2, 0.25) is 0 Å². The van der Waals surface area contributed by atoms with Gasteiger partial charge in [-0.05, 0) is 19.4 Å². The summed E-state index contributed by atoms with van der Waals surface area (Å²) in [5, 5.41) is 0. The van der Waals surface area contributed by atoms with Crippen LogP contribution in [0.4, 0.5) is 0 Å². The lowest BCUT2D eigenvalue weighted by Crippen LogP contribution is -2.43. The maximum Gasteiger partial charge on any atom is 0.126 e. The van der Waals surface area contributed by atoms with E-state index in [9.17, 15) is 0 Å². The van der Waals surface area contributed by atoms with E-state index in [2.05, 4.69) is 40.8 Å². The largest absolute Gasteiger partial charge is 0.378 e. The number of benzene rings is 1. The van der Waals surface area contributed by atoms with E-state index in [-0.39, 0.29) is 6.04 Å². The van der Waals surface area contributed by atoms with Crippen molar-refractivity contribution in [2.75, 3.05) is 19.8 Å². The van der Waals surface area contributed by atoms with Crippen LogP contribution < -0.4 is 0 Å². The molecule has 2 heterocycles. The van der Waals surface area contributed by atoms with Crippen LogP contribution in [0.5, 0.6) is 0 Å². The first-order valence-corrected chi connectivity index (χ1v) is 7.19. The number of rotatable bonds is 3. The molecular weight excluding hydrogens is 250 g/mol. The Morgan fingerprint density at radius 2 is 2.10 bits per heavy atom. The molecule has 1 atom stereocenters. The first kappa shape index (κ1) is 13.3. The van der Waals surface area contributed by atoms with Crippen molar-refractivity contribution in [1.29, 1.82) is 0 Å². The van der Waals surface area contributed by atoms with Gasteiger partial charge in [0.1, 0.15) is 5.82 Å². The molecule has 0 spiro atoms.